The first-order chi connectivity index (χ1) is 10.3. The Morgan fingerprint density at radius 2 is 1.50 bits per heavy atom. The SMILES string of the molecule is O=C1c2ccccc2C(=O)N1c1ccc(Cl)c(S(=O)(=O)O)c1. The van der Waals surface area contributed by atoms with E-state index in [0.717, 1.165) is 11.0 Å². The molecule has 0 spiro atoms. The largest absolute Gasteiger partial charge is 0.296 e. The minimum atomic E-state index is -4.57. The van der Waals surface area contributed by atoms with Crippen molar-refractivity contribution in [2.75, 3.05) is 4.90 Å². The Labute approximate surface area is 130 Å². The highest BCUT2D eigenvalue weighted by Gasteiger charge is 2.36. The van der Waals surface area contributed by atoms with E-state index in [2.05, 4.69) is 0 Å². The van der Waals surface area contributed by atoms with Crippen LogP contribution in [0.3, 0.4) is 0 Å². The van der Waals surface area contributed by atoms with E-state index >= 15 is 0 Å². The molecule has 22 heavy (non-hydrogen) atoms. The summed E-state index contributed by atoms with van der Waals surface area (Å²) in [5.41, 5.74) is 0.481. The highest BCUT2D eigenvalue weighted by Crippen LogP contribution is 2.32. The number of amides is 2. The van der Waals surface area contributed by atoms with E-state index in [1.54, 1.807) is 12.1 Å². The summed E-state index contributed by atoms with van der Waals surface area (Å²) in [6.07, 6.45) is 0. The van der Waals surface area contributed by atoms with Crippen LogP contribution >= 0.6 is 11.6 Å². The molecule has 1 N–H and O–H groups in total. The van der Waals surface area contributed by atoms with Crippen molar-refractivity contribution in [2.24, 2.45) is 0 Å². The number of carbonyl (C=O) groups is 2. The van der Waals surface area contributed by atoms with E-state index in [0.29, 0.717) is 0 Å². The maximum absolute atomic E-state index is 12.3. The predicted molar refractivity (Wildman–Crippen MR) is 78.8 cm³/mol. The maximum atomic E-state index is 12.3. The van der Waals surface area contributed by atoms with Crippen LogP contribution in [0, 0.1) is 0 Å². The zero-order valence-electron chi connectivity index (χ0n) is 10.9. The maximum Gasteiger partial charge on any atom is 0.296 e. The summed E-state index contributed by atoms with van der Waals surface area (Å²) in [6.45, 7) is 0. The predicted octanol–water partition coefficient (Wildman–Crippen LogP) is 2.39. The number of benzene rings is 2. The Morgan fingerprint density at radius 1 is 0.955 bits per heavy atom. The van der Waals surface area contributed by atoms with Crippen molar-refractivity contribution in [2.45, 2.75) is 4.90 Å². The van der Waals surface area contributed by atoms with Gasteiger partial charge >= 0.3 is 0 Å². The minimum absolute atomic E-state index is 0.0169. The third-order valence-electron chi connectivity index (χ3n) is 3.24. The van der Waals surface area contributed by atoms with Crippen LogP contribution in [-0.2, 0) is 10.1 Å². The third-order valence-corrected chi connectivity index (χ3v) is 4.58. The van der Waals surface area contributed by atoms with Crippen LogP contribution in [0.2, 0.25) is 5.02 Å². The number of rotatable bonds is 2. The van der Waals surface area contributed by atoms with Crippen molar-refractivity contribution in [1.29, 1.82) is 0 Å². The fourth-order valence-corrected chi connectivity index (χ4v) is 3.25. The summed E-state index contributed by atoms with van der Waals surface area (Å²) in [5.74, 6) is -1.13. The fraction of sp³-hybridized carbons (Fsp3) is 0. The zero-order chi connectivity index (χ0) is 16.1. The first-order valence-electron chi connectivity index (χ1n) is 6.05. The normalized spacial score (nSPS) is 14.4. The van der Waals surface area contributed by atoms with E-state index in [4.69, 9.17) is 16.2 Å². The van der Waals surface area contributed by atoms with Gasteiger partial charge in [-0.1, -0.05) is 23.7 Å². The molecular formula is C14H8ClNO5S. The molecule has 0 radical (unpaired) electrons. The second kappa shape index (κ2) is 4.91. The van der Waals surface area contributed by atoms with E-state index in [1.165, 1.54) is 24.3 Å². The molecule has 0 saturated carbocycles. The molecule has 8 heteroatoms. The lowest BCUT2D eigenvalue weighted by Crippen LogP contribution is -2.29. The first-order valence-corrected chi connectivity index (χ1v) is 7.87. The Kier molecular flexibility index (Phi) is 3.28. The molecule has 6 nitrogen and oxygen atoms in total. The monoisotopic (exact) mass is 337 g/mol. The summed E-state index contributed by atoms with van der Waals surface area (Å²) in [6, 6.07) is 9.78. The van der Waals surface area contributed by atoms with Gasteiger partial charge in [-0.25, -0.2) is 4.90 Å². The molecule has 2 aromatic carbocycles. The molecule has 3 rings (SSSR count). The van der Waals surface area contributed by atoms with Crippen LogP contribution in [0.4, 0.5) is 5.69 Å². The smallest absolute Gasteiger partial charge is 0.282 e. The number of anilines is 1. The molecule has 0 unspecified atom stereocenters. The van der Waals surface area contributed by atoms with Gasteiger partial charge in [0, 0.05) is 0 Å². The molecule has 2 aromatic rings. The van der Waals surface area contributed by atoms with Gasteiger partial charge in [0.1, 0.15) is 4.90 Å². The Morgan fingerprint density at radius 3 is 2.00 bits per heavy atom. The molecule has 1 heterocycles. The number of hydrogen-bond donors (Lipinski definition) is 1. The molecule has 0 aliphatic carbocycles. The Bertz CT molecular complexity index is 888. The van der Waals surface area contributed by atoms with Crippen LogP contribution in [0.1, 0.15) is 20.7 Å². The minimum Gasteiger partial charge on any atom is -0.282 e. The van der Waals surface area contributed by atoms with Crippen LogP contribution in [0.25, 0.3) is 0 Å². The highest BCUT2D eigenvalue weighted by atomic mass is 35.5. The van der Waals surface area contributed by atoms with E-state index in [1.807, 2.05) is 0 Å². The molecule has 0 fully saturated rings. The quantitative estimate of drug-likeness (QED) is 0.671. The van der Waals surface area contributed by atoms with Gasteiger partial charge in [-0.2, -0.15) is 8.42 Å². The Balaban J connectivity index is 2.15. The van der Waals surface area contributed by atoms with Crippen LogP contribution in [0.15, 0.2) is 47.4 Å². The van der Waals surface area contributed by atoms with Gasteiger partial charge in [-0.3, -0.25) is 14.1 Å². The number of nitrogens with zero attached hydrogens (tertiary/aromatic N) is 1. The summed E-state index contributed by atoms with van der Waals surface area (Å²) in [5, 5.41) is -0.206. The molecule has 0 bridgehead atoms. The van der Waals surface area contributed by atoms with E-state index in [9.17, 15) is 18.0 Å². The number of fused-ring (bicyclic) bond motifs is 1. The molecule has 1 aliphatic heterocycles. The van der Waals surface area contributed by atoms with Gasteiger partial charge in [0.05, 0.1) is 21.8 Å². The lowest BCUT2D eigenvalue weighted by molar-refractivity contribution is 0.0926. The number of halogens is 1. The standard InChI is InChI=1S/C14H8ClNO5S/c15-11-6-5-8(7-12(11)22(19,20)21)16-13(17)9-3-1-2-4-10(9)14(16)18/h1-7H,(H,19,20,21). The van der Waals surface area contributed by atoms with Crippen molar-refractivity contribution < 1.29 is 22.6 Å². The molecule has 0 aromatic heterocycles. The van der Waals surface area contributed by atoms with Crippen LogP contribution in [0.5, 0.6) is 0 Å². The number of hydrogen-bond acceptors (Lipinski definition) is 4. The van der Waals surface area contributed by atoms with Gasteiger partial charge in [0.25, 0.3) is 21.9 Å². The molecule has 1 aliphatic rings. The average molecular weight is 338 g/mol. The average Bonchev–Trinajstić information content (AvgIpc) is 2.71. The highest BCUT2D eigenvalue weighted by molar-refractivity contribution is 7.86. The van der Waals surface area contributed by atoms with E-state index in [-0.39, 0.29) is 21.8 Å². The number of imide groups is 1. The summed E-state index contributed by atoms with van der Waals surface area (Å²) >= 11 is 5.72. The molecule has 112 valence electrons. The van der Waals surface area contributed by atoms with Crippen molar-refractivity contribution in [3.8, 4) is 0 Å². The summed E-state index contributed by atoms with van der Waals surface area (Å²) in [4.78, 5) is 24.9. The molecular weight excluding hydrogens is 330 g/mol. The first kappa shape index (κ1) is 14.7. The van der Waals surface area contributed by atoms with Crippen molar-refractivity contribution >= 4 is 39.2 Å². The lowest BCUT2D eigenvalue weighted by atomic mass is 10.1. The van der Waals surface area contributed by atoms with Crippen LogP contribution < -0.4 is 4.90 Å². The van der Waals surface area contributed by atoms with Crippen LogP contribution in [-0.4, -0.2) is 24.8 Å². The molecule has 2 amide bonds. The van der Waals surface area contributed by atoms with Gasteiger partial charge in [0.2, 0.25) is 0 Å². The zero-order valence-corrected chi connectivity index (χ0v) is 12.4. The van der Waals surface area contributed by atoms with Gasteiger partial charge in [0.15, 0.2) is 0 Å². The van der Waals surface area contributed by atoms with E-state index < -0.39 is 26.8 Å². The second-order valence-electron chi connectivity index (χ2n) is 4.58. The van der Waals surface area contributed by atoms with Crippen molar-refractivity contribution in [1.82, 2.24) is 0 Å². The van der Waals surface area contributed by atoms with Gasteiger partial charge in [-0.05, 0) is 30.3 Å². The van der Waals surface area contributed by atoms with Crippen molar-refractivity contribution in [3.63, 3.8) is 0 Å². The Hall–Kier alpha value is -2.22. The topological polar surface area (TPSA) is 91.8 Å². The summed E-state index contributed by atoms with van der Waals surface area (Å²) < 4.78 is 31.7. The van der Waals surface area contributed by atoms with Gasteiger partial charge in [-0.15, -0.1) is 0 Å². The second-order valence-corrected chi connectivity index (χ2v) is 6.38. The molecule has 0 atom stereocenters. The lowest BCUT2D eigenvalue weighted by Gasteiger charge is -2.15. The van der Waals surface area contributed by atoms with Crippen molar-refractivity contribution in [3.05, 3.63) is 58.6 Å². The molecule has 0 saturated heterocycles. The number of carbonyl (C=O) groups excluding carboxylic acids is 2. The van der Waals surface area contributed by atoms with Gasteiger partial charge < -0.3 is 0 Å². The third kappa shape index (κ3) is 2.19. The fourth-order valence-electron chi connectivity index (χ4n) is 2.25. The summed E-state index contributed by atoms with van der Waals surface area (Å²) in [7, 11) is -4.57.